The van der Waals surface area contributed by atoms with Gasteiger partial charge in [-0.3, -0.25) is 14.3 Å². The van der Waals surface area contributed by atoms with Crippen LogP contribution in [0.25, 0.3) is 20.9 Å². The van der Waals surface area contributed by atoms with Crippen molar-refractivity contribution in [2.24, 2.45) is 17.3 Å². The Morgan fingerprint density at radius 3 is 2.65 bits per heavy atom. The molecule has 2 rings (SSSR count). The van der Waals surface area contributed by atoms with Crippen LogP contribution in [0.3, 0.4) is 0 Å². The Morgan fingerprint density at radius 2 is 2.00 bits per heavy atom. The number of rotatable bonds is 6. The maximum Gasteiger partial charge on any atom is 0.273 e. The van der Waals surface area contributed by atoms with Gasteiger partial charge in [0.1, 0.15) is 0 Å². The first kappa shape index (κ1) is 18.3. The van der Waals surface area contributed by atoms with E-state index in [0.29, 0.717) is 5.56 Å². The summed E-state index contributed by atoms with van der Waals surface area (Å²) in [5.41, 5.74) is 18.2. The quantitative estimate of drug-likeness (QED) is 0.461. The Kier molecular flexibility index (Phi) is 5.78. The zero-order valence-electron chi connectivity index (χ0n) is 13.9. The molecule has 0 saturated heterocycles. The lowest BCUT2D eigenvalue weighted by Gasteiger charge is -2.07. The second kappa shape index (κ2) is 8.20. The van der Waals surface area contributed by atoms with Gasteiger partial charge in [0.15, 0.2) is 5.69 Å². The van der Waals surface area contributed by atoms with Crippen LogP contribution in [-0.4, -0.2) is 28.6 Å². The summed E-state index contributed by atoms with van der Waals surface area (Å²) >= 11 is 0. The predicted molar refractivity (Wildman–Crippen MR) is 92.6 cm³/mol. The molecule has 0 aliphatic carbocycles. The van der Waals surface area contributed by atoms with E-state index in [1.165, 1.54) is 36.1 Å². The fourth-order valence-electron chi connectivity index (χ4n) is 2.18. The van der Waals surface area contributed by atoms with Crippen LogP contribution in [0, 0.1) is 0 Å². The van der Waals surface area contributed by atoms with Gasteiger partial charge >= 0.3 is 0 Å². The highest BCUT2D eigenvalue weighted by atomic mass is 16.2. The van der Waals surface area contributed by atoms with Crippen LogP contribution in [0.15, 0.2) is 34.6 Å². The van der Waals surface area contributed by atoms with Crippen molar-refractivity contribution in [3.63, 3.8) is 0 Å². The van der Waals surface area contributed by atoms with Crippen molar-refractivity contribution in [1.29, 1.82) is 0 Å². The van der Waals surface area contributed by atoms with Gasteiger partial charge in [-0.25, -0.2) is 0 Å². The molecule has 12 heteroatoms. The molecule has 0 bridgehead atoms. The number of aryl methyl sites for hydroxylation is 1. The lowest BCUT2D eigenvalue weighted by molar-refractivity contribution is 0.0958. The summed E-state index contributed by atoms with van der Waals surface area (Å²) in [6, 6.07) is 4.38. The highest BCUT2D eigenvalue weighted by Crippen LogP contribution is 2.21. The van der Waals surface area contributed by atoms with Crippen LogP contribution < -0.4 is 10.6 Å². The number of nitrogens with one attached hydrogen (secondary N) is 2. The van der Waals surface area contributed by atoms with Crippen LogP contribution in [0.4, 0.5) is 11.4 Å². The molecule has 2 N–H and O–H groups in total. The molecule has 1 aromatic heterocycles. The molecule has 0 radical (unpaired) electrons. The number of anilines is 1. The minimum atomic E-state index is -0.541. The predicted octanol–water partition coefficient (Wildman–Crippen LogP) is 2.78. The van der Waals surface area contributed by atoms with E-state index in [0.717, 1.165) is 0 Å². The first-order valence-electron chi connectivity index (χ1n) is 7.25. The summed E-state index contributed by atoms with van der Waals surface area (Å²) in [4.78, 5) is 29.7. The number of carbonyl (C=O) groups is 2. The summed E-state index contributed by atoms with van der Waals surface area (Å²) in [7, 11) is 3.07. The molecular formula is C14H14N10O2. The minimum absolute atomic E-state index is 0.0120. The zero-order valence-corrected chi connectivity index (χ0v) is 13.9. The van der Waals surface area contributed by atoms with Crippen molar-refractivity contribution in [3.05, 3.63) is 62.1 Å². The highest BCUT2D eigenvalue weighted by molar-refractivity contribution is 6.08. The topological polar surface area (TPSA) is 174 Å². The Morgan fingerprint density at radius 1 is 1.23 bits per heavy atom. The van der Waals surface area contributed by atoms with E-state index in [1.807, 2.05) is 0 Å². The van der Waals surface area contributed by atoms with Crippen LogP contribution in [-0.2, 0) is 13.6 Å². The van der Waals surface area contributed by atoms with Crippen LogP contribution in [0.5, 0.6) is 0 Å². The van der Waals surface area contributed by atoms with Gasteiger partial charge in [0.25, 0.3) is 11.8 Å². The van der Waals surface area contributed by atoms with E-state index in [2.05, 4.69) is 35.8 Å². The van der Waals surface area contributed by atoms with Crippen molar-refractivity contribution >= 4 is 23.2 Å². The van der Waals surface area contributed by atoms with Gasteiger partial charge in [-0.1, -0.05) is 10.2 Å². The second-order valence-corrected chi connectivity index (χ2v) is 5.06. The lowest BCUT2D eigenvalue weighted by atomic mass is 10.1. The molecule has 1 heterocycles. The van der Waals surface area contributed by atoms with E-state index >= 15 is 0 Å². The molecule has 0 aliphatic heterocycles. The number of azide groups is 2. The standard InChI is InChI=1S/C14H14N10O2/c1-17-14(26)12-11(7-24(2)21-12)19-13(25)9-3-8(6-18-22-15)4-10(5-9)20-23-16/h3-5,7H,6H2,1-2H3,(H,17,26)(H,19,25). The molecule has 0 spiro atoms. The number of hydrogen-bond acceptors (Lipinski definition) is 5. The summed E-state index contributed by atoms with van der Waals surface area (Å²) in [6.45, 7) is -0.0120. The summed E-state index contributed by atoms with van der Waals surface area (Å²) in [5.74, 6) is -0.992. The monoisotopic (exact) mass is 354 g/mol. The molecule has 0 saturated carbocycles. The Hall–Kier alpha value is -4.01. The summed E-state index contributed by atoms with van der Waals surface area (Å²) < 4.78 is 1.39. The third kappa shape index (κ3) is 4.29. The molecule has 2 aromatic rings. The normalized spacial score (nSPS) is 9.62. The van der Waals surface area contributed by atoms with Gasteiger partial charge in [0.05, 0.1) is 12.2 Å². The van der Waals surface area contributed by atoms with Crippen molar-refractivity contribution in [3.8, 4) is 0 Å². The van der Waals surface area contributed by atoms with Crippen LogP contribution in [0.2, 0.25) is 0 Å². The highest BCUT2D eigenvalue weighted by Gasteiger charge is 2.18. The fourth-order valence-corrected chi connectivity index (χ4v) is 2.18. The molecule has 26 heavy (non-hydrogen) atoms. The zero-order chi connectivity index (χ0) is 19.1. The maximum atomic E-state index is 12.6. The van der Waals surface area contributed by atoms with Gasteiger partial charge < -0.3 is 10.6 Å². The van der Waals surface area contributed by atoms with Crippen molar-refractivity contribution < 1.29 is 9.59 Å². The minimum Gasteiger partial charge on any atom is -0.354 e. The third-order valence-corrected chi connectivity index (χ3v) is 3.24. The third-order valence-electron chi connectivity index (χ3n) is 3.24. The molecule has 2 amide bonds. The van der Waals surface area contributed by atoms with Gasteiger partial charge in [-0.05, 0) is 34.8 Å². The maximum absolute atomic E-state index is 12.6. The number of benzene rings is 1. The smallest absolute Gasteiger partial charge is 0.273 e. The van der Waals surface area contributed by atoms with Crippen molar-refractivity contribution in [2.75, 3.05) is 12.4 Å². The number of carbonyl (C=O) groups excluding carboxylic acids is 2. The molecule has 1 aromatic carbocycles. The van der Waals surface area contributed by atoms with Gasteiger partial charge in [-0.2, -0.15) is 5.10 Å². The Labute approximate surface area is 147 Å². The Balaban J connectivity index is 2.37. The number of nitrogens with zero attached hydrogens (tertiary/aromatic N) is 8. The first-order valence-corrected chi connectivity index (χ1v) is 7.25. The number of aromatic nitrogens is 2. The molecule has 12 nitrogen and oxygen atoms in total. The molecule has 0 unspecified atom stereocenters. The Bertz CT molecular complexity index is 951. The molecule has 0 atom stereocenters. The van der Waals surface area contributed by atoms with E-state index in [1.54, 1.807) is 7.05 Å². The van der Waals surface area contributed by atoms with E-state index in [4.69, 9.17) is 11.1 Å². The largest absolute Gasteiger partial charge is 0.354 e. The average Bonchev–Trinajstić information content (AvgIpc) is 2.99. The number of hydrogen-bond donors (Lipinski definition) is 2. The van der Waals surface area contributed by atoms with E-state index in [-0.39, 0.29) is 29.2 Å². The molecule has 0 aliphatic rings. The van der Waals surface area contributed by atoms with Crippen LogP contribution >= 0.6 is 0 Å². The molecule has 0 fully saturated rings. The van der Waals surface area contributed by atoms with Gasteiger partial charge in [-0.15, -0.1) is 0 Å². The fraction of sp³-hybridized carbons (Fsp3) is 0.214. The van der Waals surface area contributed by atoms with Crippen molar-refractivity contribution in [2.45, 2.75) is 6.54 Å². The van der Waals surface area contributed by atoms with Crippen LogP contribution in [0.1, 0.15) is 26.4 Å². The SMILES string of the molecule is CNC(=O)c1nn(C)cc1NC(=O)c1cc(CN=[N+]=[N-])cc(N=[N+]=[N-])c1. The average molecular weight is 354 g/mol. The molecular weight excluding hydrogens is 340 g/mol. The van der Waals surface area contributed by atoms with E-state index < -0.39 is 11.8 Å². The number of amides is 2. The van der Waals surface area contributed by atoms with E-state index in [9.17, 15) is 9.59 Å². The van der Waals surface area contributed by atoms with Crippen molar-refractivity contribution in [1.82, 2.24) is 15.1 Å². The van der Waals surface area contributed by atoms with Gasteiger partial charge in [0, 0.05) is 41.4 Å². The second-order valence-electron chi connectivity index (χ2n) is 5.06. The first-order chi connectivity index (χ1) is 12.5. The summed E-state index contributed by atoms with van der Waals surface area (Å²) in [6.07, 6.45) is 1.49. The lowest BCUT2D eigenvalue weighted by Crippen LogP contribution is -2.21. The van der Waals surface area contributed by atoms with Gasteiger partial charge in [0.2, 0.25) is 0 Å². The molecule has 132 valence electrons. The summed E-state index contributed by atoms with van der Waals surface area (Å²) in [5, 5.41) is 15.9.